The Morgan fingerprint density at radius 1 is 1.24 bits per heavy atom. The highest BCUT2D eigenvalue weighted by molar-refractivity contribution is 5.94. The average Bonchev–Trinajstić information content (AvgIpc) is 3.28. The molecule has 6 heteroatoms. The molecular weight excluding hydrogens is 314 g/mol. The summed E-state index contributed by atoms with van der Waals surface area (Å²) < 4.78 is 2.02. The molecule has 0 saturated carbocycles. The maximum absolute atomic E-state index is 12.4. The van der Waals surface area contributed by atoms with Gasteiger partial charge in [-0.1, -0.05) is 12.1 Å². The van der Waals surface area contributed by atoms with Crippen molar-refractivity contribution in [2.75, 3.05) is 13.1 Å². The number of likely N-dealkylation sites (tertiary alicyclic amines) is 1. The van der Waals surface area contributed by atoms with Crippen molar-refractivity contribution >= 4 is 5.91 Å². The summed E-state index contributed by atoms with van der Waals surface area (Å²) in [5.41, 5.74) is 2.00. The SMILES string of the molecule is Cc1nc2n(n1)C[C@@H](NCc1ccc(C(=O)N3CCCC3)cc1)CC2. The molecule has 132 valence electrons. The normalized spacial score (nSPS) is 19.9. The lowest BCUT2D eigenvalue weighted by atomic mass is 10.1. The molecule has 0 radical (unpaired) electrons. The predicted octanol–water partition coefficient (Wildman–Crippen LogP) is 1.93. The molecule has 1 saturated heterocycles. The molecule has 0 unspecified atom stereocenters. The Morgan fingerprint density at radius 2 is 2.00 bits per heavy atom. The van der Waals surface area contributed by atoms with E-state index in [9.17, 15) is 4.79 Å². The van der Waals surface area contributed by atoms with Crippen LogP contribution in [0.25, 0.3) is 0 Å². The molecule has 0 spiro atoms. The van der Waals surface area contributed by atoms with E-state index in [4.69, 9.17) is 0 Å². The monoisotopic (exact) mass is 339 g/mol. The summed E-state index contributed by atoms with van der Waals surface area (Å²) in [5.74, 6) is 2.12. The first-order valence-electron chi connectivity index (χ1n) is 9.21. The van der Waals surface area contributed by atoms with Crippen LogP contribution in [0.3, 0.4) is 0 Å². The Labute approximate surface area is 148 Å². The zero-order valence-electron chi connectivity index (χ0n) is 14.7. The summed E-state index contributed by atoms with van der Waals surface area (Å²) in [6.07, 6.45) is 4.32. The molecule has 6 nitrogen and oxygen atoms in total. The van der Waals surface area contributed by atoms with Crippen molar-refractivity contribution in [1.29, 1.82) is 0 Å². The van der Waals surface area contributed by atoms with Crippen molar-refractivity contribution in [2.45, 2.75) is 51.7 Å². The first kappa shape index (κ1) is 16.3. The average molecular weight is 339 g/mol. The maximum Gasteiger partial charge on any atom is 0.253 e. The van der Waals surface area contributed by atoms with Gasteiger partial charge in [0.25, 0.3) is 5.91 Å². The highest BCUT2D eigenvalue weighted by Gasteiger charge is 2.21. The van der Waals surface area contributed by atoms with Crippen LogP contribution in [-0.2, 0) is 19.5 Å². The number of aromatic nitrogens is 3. The number of hydrogen-bond acceptors (Lipinski definition) is 4. The van der Waals surface area contributed by atoms with Crippen LogP contribution in [0.4, 0.5) is 0 Å². The fourth-order valence-corrected chi connectivity index (χ4v) is 3.73. The number of rotatable bonds is 4. The van der Waals surface area contributed by atoms with Crippen molar-refractivity contribution < 1.29 is 4.79 Å². The highest BCUT2D eigenvalue weighted by atomic mass is 16.2. The van der Waals surface area contributed by atoms with Crippen LogP contribution in [0.1, 0.15) is 46.8 Å². The third-order valence-corrected chi connectivity index (χ3v) is 5.15. The minimum absolute atomic E-state index is 0.165. The molecule has 1 amide bonds. The van der Waals surface area contributed by atoms with Gasteiger partial charge in [-0.25, -0.2) is 9.67 Å². The number of fused-ring (bicyclic) bond motifs is 1. The Balaban J connectivity index is 1.32. The van der Waals surface area contributed by atoms with Gasteiger partial charge in [0.05, 0.1) is 6.54 Å². The number of carbonyl (C=O) groups excluding carboxylic acids is 1. The zero-order valence-corrected chi connectivity index (χ0v) is 14.7. The van der Waals surface area contributed by atoms with Gasteiger partial charge in [-0.05, 0) is 43.9 Å². The Morgan fingerprint density at radius 3 is 2.76 bits per heavy atom. The van der Waals surface area contributed by atoms with E-state index in [-0.39, 0.29) is 5.91 Å². The second-order valence-electron chi connectivity index (χ2n) is 7.07. The van der Waals surface area contributed by atoms with Crippen LogP contribution in [0.15, 0.2) is 24.3 Å². The summed E-state index contributed by atoms with van der Waals surface area (Å²) >= 11 is 0. The van der Waals surface area contributed by atoms with Gasteiger partial charge < -0.3 is 10.2 Å². The van der Waals surface area contributed by atoms with Gasteiger partial charge in [-0.15, -0.1) is 0 Å². The fourth-order valence-electron chi connectivity index (χ4n) is 3.73. The van der Waals surface area contributed by atoms with Crippen LogP contribution < -0.4 is 5.32 Å². The lowest BCUT2D eigenvalue weighted by Gasteiger charge is -2.23. The van der Waals surface area contributed by atoms with E-state index in [1.807, 2.05) is 28.6 Å². The van der Waals surface area contributed by atoms with Gasteiger partial charge in [0.1, 0.15) is 11.6 Å². The molecule has 1 atom stereocenters. The Hall–Kier alpha value is -2.21. The molecule has 1 aromatic heterocycles. The molecule has 2 aliphatic rings. The second-order valence-corrected chi connectivity index (χ2v) is 7.07. The van der Waals surface area contributed by atoms with Gasteiger partial charge in [-0.3, -0.25) is 4.79 Å². The van der Waals surface area contributed by atoms with E-state index in [1.54, 1.807) is 0 Å². The van der Waals surface area contributed by atoms with Gasteiger partial charge in [0.2, 0.25) is 0 Å². The lowest BCUT2D eigenvalue weighted by molar-refractivity contribution is 0.0793. The van der Waals surface area contributed by atoms with Crippen molar-refractivity contribution in [3.8, 4) is 0 Å². The third-order valence-electron chi connectivity index (χ3n) is 5.15. The molecular formula is C19H25N5O. The summed E-state index contributed by atoms with van der Waals surface area (Å²) in [5, 5.41) is 8.06. The molecule has 2 aliphatic heterocycles. The smallest absolute Gasteiger partial charge is 0.253 e. The summed E-state index contributed by atoms with van der Waals surface area (Å²) in [6, 6.07) is 8.45. The van der Waals surface area contributed by atoms with E-state index >= 15 is 0 Å². The van der Waals surface area contributed by atoms with Gasteiger partial charge >= 0.3 is 0 Å². The number of carbonyl (C=O) groups is 1. The molecule has 25 heavy (non-hydrogen) atoms. The molecule has 3 heterocycles. The van der Waals surface area contributed by atoms with Crippen molar-refractivity contribution in [3.63, 3.8) is 0 Å². The van der Waals surface area contributed by atoms with E-state index in [2.05, 4.69) is 27.5 Å². The summed E-state index contributed by atoms with van der Waals surface area (Å²) in [4.78, 5) is 18.8. The number of amides is 1. The van der Waals surface area contributed by atoms with Gasteiger partial charge in [-0.2, -0.15) is 5.10 Å². The predicted molar refractivity (Wildman–Crippen MR) is 95.3 cm³/mol. The number of nitrogens with one attached hydrogen (secondary N) is 1. The second kappa shape index (κ2) is 6.96. The minimum atomic E-state index is 0.165. The highest BCUT2D eigenvalue weighted by Crippen LogP contribution is 2.15. The first-order valence-corrected chi connectivity index (χ1v) is 9.21. The van der Waals surface area contributed by atoms with Crippen molar-refractivity contribution in [2.24, 2.45) is 0 Å². The summed E-state index contributed by atoms with van der Waals surface area (Å²) in [7, 11) is 0. The molecule has 4 rings (SSSR count). The fraction of sp³-hybridized carbons (Fsp3) is 0.526. The van der Waals surface area contributed by atoms with Gasteiger partial charge in [0.15, 0.2) is 0 Å². The van der Waals surface area contributed by atoms with Crippen molar-refractivity contribution in [1.82, 2.24) is 25.0 Å². The van der Waals surface area contributed by atoms with E-state index < -0.39 is 0 Å². The summed E-state index contributed by atoms with van der Waals surface area (Å²) in [6.45, 7) is 5.42. The molecule has 2 aromatic rings. The number of nitrogens with zero attached hydrogens (tertiary/aromatic N) is 4. The molecule has 1 fully saturated rings. The largest absolute Gasteiger partial charge is 0.339 e. The maximum atomic E-state index is 12.4. The van der Waals surface area contributed by atoms with Crippen molar-refractivity contribution in [3.05, 3.63) is 47.0 Å². The van der Waals surface area contributed by atoms with Crippen LogP contribution in [-0.4, -0.2) is 44.7 Å². The third kappa shape index (κ3) is 3.58. The Bertz CT molecular complexity index is 746. The van der Waals surface area contributed by atoms with Gasteiger partial charge in [0, 0.05) is 37.7 Å². The molecule has 1 aromatic carbocycles. The Kier molecular flexibility index (Phi) is 4.53. The lowest BCUT2D eigenvalue weighted by Crippen LogP contribution is -2.37. The topological polar surface area (TPSA) is 63.1 Å². The number of aryl methyl sites for hydroxylation is 2. The molecule has 0 aliphatic carbocycles. The zero-order chi connectivity index (χ0) is 17.2. The standard InChI is InChI=1S/C19H25N5O/c1-14-21-18-9-8-17(13-24(18)22-14)20-12-15-4-6-16(7-5-15)19(25)23-10-2-3-11-23/h4-7,17,20H,2-3,8-13H2,1H3/t17-/m0/s1. The van der Waals surface area contributed by atoms with Crippen LogP contribution in [0.2, 0.25) is 0 Å². The first-order chi connectivity index (χ1) is 12.2. The van der Waals surface area contributed by atoms with E-state index in [0.717, 1.165) is 69.1 Å². The van der Waals surface area contributed by atoms with E-state index in [1.165, 1.54) is 5.56 Å². The van der Waals surface area contributed by atoms with E-state index in [0.29, 0.717) is 6.04 Å². The molecule has 1 N–H and O–H groups in total. The van der Waals surface area contributed by atoms with Crippen LogP contribution >= 0.6 is 0 Å². The minimum Gasteiger partial charge on any atom is -0.339 e. The quantitative estimate of drug-likeness (QED) is 0.924. The number of benzene rings is 1. The number of hydrogen-bond donors (Lipinski definition) is 1. The van der Waals surface area contributed by atoms with Crippen LogP contribution in [0.5, 0.6) is 0 Å². The molecule has 0 bridgehead atoms. The van der Waals surface area contributed by atoms with Crippen LogP contribution in [0, 0.1) is 6.92 Å².